The Labute approximate surface area is 132 Å². The molecule has 2 aromatic rings. The minimum Gasteiger partial charge on any atom is -0.267 e. The maximum atomic E-state index is 11.8. The molecule has 0 bridgehead atoms. The number of rotatable bonds is 4. The fourth-order valence-corrected chi connectivity index (χ4v) is 1.90. The molecule has 1 N–H and O–H groups in total. The van der Waals surface area contributed by atoms with Gasteiger partial charge in [0.05, 0.1) is 0 Å². The van der Waals surface area contributed by atoms with Crippen LogP contribution in [0, 0.1) is 6.92 Å². The summed E-state index contributed by atoms with van der Waals surface area (Å²) in [5, 5.41) is 3.88. The number of nitrogens with zero attached hydrogens (tertiary/aromatic N) is 1. The van der Waals surface area contributed by atoms with Crippen LogP contribution in [0.4, 0.5) is 0 Å². The van der Waals surface area contributed by atoms with E-state index in [1.165, 1.54) is 0 Å². The lowest BCUT2D eigenvalue weighted by molar-refractivity contribution is 0.0955. The molecule has 0 aromatic heterocycles. The summed E-state index contributed by atoms with van der Waals surface area (Å²) in [4.78, 5) is 11.8. The zero-order valence-corrected chi connectivity index (χ0v) is 13.2. The lowest BCUT2D eigenvalue weighted by Gasteiger charge is -1.99. The van der Waals surface area contributed by atoms with Crippen molar-refractivity contribution in [2.24, 2.45) is 5.10 Å². The summed E-state index contributed by atoms with van der Waals surface area (Å²) < 4.78 is 1.04. The van der Waals surface area contributed by atoms with Crippen molar-refractivity contribution in [3.05, 3.63) is 75.8 Å². The highest BCUT2D eigenvalue weighted by Crippen LogP contribution is 2.11. The highest BCUT2D eigenvalue weighted by Gasteiger charge is 2.01. The van der Waals surface area contributed by atoms with Gasteiger partial charge in [0.15, 0.2) is 0 Å². The van der Waals surface area contributed by atoms with Crippen LogP contribution in [0.3, 0.4) is 0 Å². The summed E-state index contributed by atoms with van der Waals surface area (Å²) in [6.45, 7) is 1.98. The monoisotopic (exact) mass is 342 g/mol. The molecule has 0 saturated heterocycles. The summed E-state index contributed by atoms with van der Waals surface area (Å²) in [5.41, 5.74) is 5.26. The SMILES string of the molecule is Cc1ccc(C(=O)NN=CC=Cc2ccc(Br)cc2)cc1. The van der Waals surface area contributed by atoms with Gasteiger partial charge in [-0.05, 0) is 42.8 Å². The van der Waals surface area contributed by atoms with E-state index in [2.05, 4.69) is 26.5 Å². The normalized spacial score (nSPS) is 11.1. The molecule has 0 fully saturated rings. The molecule has 0 radical (unpaired) electrons. The third kappa shape index (κ3) is 5.00. The molecule has 0 aliphatic heterocycles. The number of amides is 1. The Morgan fingerprint density at radius 3 is 2.43 bits per heavy atom. The average molecular weight is 343 g/mol. The Morgan fingerprint density at radius 2 is 1.76 bits per heavy atom. The van der Waals surface area contributed by atoms with Crippen molar-refractivity contribution in [3.63, 3.8) is 0 Å². The van der Waals surface area contributed by atoms with Crippen molar-refractivity contribution in [3.8, 4) is 0 Å². The molecular weight excluding hydrogens is 328 g/mol. The number of hydrogen-bond donors (Lipinski definition) is 1. The Morgan fingerprint density at radius 1 is 1.10 bits per heavy atom. The van der Waals surface area contributed by atoms with Gasteiger partial charge in [0.25, 0.3) is 5.91 Å². The van der Waals surface area contributed by atoms with E-state index in [4.69, 9.17) is 0 Å². The zero-order valence-electron chi connectivity index (χ0n) is 11.6. The van der Waals surface area contributed by atoms with Crippen molar-refractivity contribution in [2.75, 3.05) is 0 Å². The quantitative estimate of drug-likeness (QED) is 0.656. The first-order valence-corrected chi connectivity index (χ1v) is 7.27. The number of aryl methyl sites for hydroxylation is 1. The van der Waals surface area contributed by atoms with Gasteiger partial charge in [-0.1, -0.05) is 51.8 Å². The number of carbonyl (C=O) groups is 1. The van der Waals surface area contributed by atoms with E-state index in [0.717, 1.165) is 15.6 Å². The molecule has 4 heteroatoms. The Balaban J connectivity index is 1.86. The summed E-state index contributed by atoms with van der Waals surface area (Å²) in [6.07, 6.45) is 5.24. The molecule has 0 aliphatic rings. The molecule has 21 heavy (non-hydrogen) atoms. The van der Waals surface area contributed by atoms with Crippen molar-refractivity contribution in [2.45, 2.75) is 6.92 Å². The van der Waals surface area contributed by atoms with E-state index in [1.54, 1.807) is 24.4 Å². The fourth-order valence-electron chi connectivity index (χ4n) is 1.64. The molecule has 3 nitrogen and oxygen atoms in total. The predicted octanol–water partition coefficient (Wildman–Crippen LogP) is 4.19. The van der Waals surface area contributed by atoms with Crippen LogP contribution in [0.15, 0.2) is 64.2 Å². The first kappa shape index (κ1) is 15.2. The lowest BCUT2D eigenvalue weighted by Crippen LogP contribution is -2.17. The van der Waals surface area contributed by atoms with Crippen molar-refractivity contribution >= 4 is 34.1 Å². The van der Waals surface area contributed by atoms with Gasteiger partial charge in [0.2, 0.25) is 0 Å². The number of hydrogen-bond acceptors (Lipinski definition) is 2. The number of nitrogens with one attached hydrogen (secondary N) is 1. The fraction of sp³-hybridized carbons (Fsp3) is 0.0588. The van der Waals surface area contributed by atoms with Gasteiger partial charge >= 0.3 is 0 Å². The molecule has 0 atom stereocenters. The van der Waals surface area contributed by atoms with E-state index in [-0.39, 0.29) is 5.91 Å². The third-order valence-electron chi connectivity index (χ3n) is 2.80. The van der Waals surface area contributed by atoms with Gasteiger partial charge in [-0.3, -0.25) is 4.79 Å². The minimum atomic E-state index is -0.219. The van der Waals surface area contributed by atoms with E-state index >= 15 is 0 Å². The van der Waals surface area contributed by atoms with Crippen LogP contribution in [0.25, 0.3) is 6.08 Å². The second-order valence-corrected chi connectivity index (χ2v) is 5.41. The van der Waals surface area contributed by atoms with Crippen LogP contribution >= 0.6 is 15.9 Å². The number of halogens is 1. The minimum absolute atomic E-state index is 0.219. The maximum absolute atomic E-state index is 11.8. The van der Waals surface area contributed by atoms with Crippen LogP contribution in [-0.2, 0) is 0 Å². The van der Waals surface area contributed by atoms with Crippen molar-refractivity contribution < 1.29 is 4.79 Å². The van der Waals surface area contributed by atoms with Gasteiger partial charge < -0.3 is 0 Å². The van der Waals surface area contributed by atoms with Crippen LogP contribution in [-0.4, -0.2) is 12.1 Å². The zero-order chi connectivity index (χ0) is 15.1. The van der Waals surface area contributed by atoms with Gasteiger partial charge in [-0.15, -0.1) is 0 Å². The summed E-state index contributed by atoms with van der Waals surface area (Å²) in [7, 11) is 0. The topological polar surface area (TPSA) is 41.5 Å². The molecule has 0 heterocycles. The predicted molar refractivity (Wildman–Crippen MR) is 90.3 cm³/mol. The van der Waals surface area contributed by atoms with Gasteiger partial charge in [-0.2, -0.15) is 5.10 Å². The van der Waals surface area contributed by atoms with Crippen LogP contribution in [0.1, 0.15) is 21.5 Å². The Bertz CT molecular complexity index is 658. The number of allylic oxidation sites excluding steroid dienone is 1. The number of hydrazone groups is 1. The molecule has 0 spiro atoms. The van der Waals surface area contributed by atoms with Gasteiger partial charge in [0.1, 0.15) is 0 Å². The van der Waals surface area contributed by atoms with E-state index in [9.17, 15) is 4.79 Å². The molecule has 0 unspecified atom stereocenters. The molecule has 0 aliphatic carbocycles. The van der Waals surface area contributed by atoms with Gasteiger partial charge in [-0.25, -0.2) is 5.43 Å². The number of carbonyl (C=O) groups excluding carboxylic acids is 1. The second kappa shape index (κ2) is 7.55. The maximum Gasteiger partial charge on any atom is 0.271 e. The largest absolute Gasteiger partial charge is 0.271 e. The Hall–Kier alpha value is -2.20. The molecule has 0 saturated carbocycles. The smallest absolute Gasteiger partial charge is 0.267 e. The highest BCUT2D eigenvalue weighted by atomic mass is 79.9. The lowest BCUT2D eigenvalue weighted by atomic mass is 10.1. The summed E-state index contributed by atoms with van der Waals surface area (Å²) in [5.74, 6) is -0.219. The summed E-state index contributed by atoms with van der Waals surface area (Å²) >= 11 is 3.38. The number of benzene rings is 2. The van der Waals surface area contributed by atoms with E-state index < -0.39 is 0 Å². The first-order valence-electron chi connectivity index (χ1n) is 6.47. The third-order valence-corrected chi connectivity index (χ3v) is 3.33. The highest BCUT2D eigenvalue weighted by molar-refractivity contribution is 9.10. The Kier molecular flexibility index (Phi) is 5.46. The summed E-state index contributed by atoms with van der Waals surface area (Å²) in [6, 6.07) is 15.2. The first-order chi connectivity index (χ1) is 10.1. The molecule has 2 aromatic carbocycles. The second-order valence-electron chi connectivity index (χ2n) is 4.50. The molecular formula is C17H15BrN2O. The van der Waals surface area contributed by atoms with Crippen LogP contribution < -0.4 is 5.43 Å². The standard InChI is InChI=1S/C17H15BrN2O/c1-13-4-8-15(9-5-13)17(21)20-19-12-2-3-14-6-10-16(18)11-7-14/h2-12H,1H3,(H,20,21). The van der Waals surface area contributed by atoms with E-state index in [1.807, 2.05) is 49.4 Å². The van der Waals surface area contributed by atoms with Crippen LogP contribution in [0.5, 0.6) is 0 Å². The van der Waals surface area contributed by atoms with Crippen LogP contribution in [0.2, 0.25) is 0 Å². The van der Waals surface area contributed by atoms with Crippen molar-refractivity contribution in [1.82, 2.24) is 5.43 Å². The van der Waals surface area contributed by atoms with Gasteiger partial charge in [0, 0.05) is 16.3 Å². The molecule has 106 valence electrons. The van der Waals surface area contributed by atoms with E-state index in [0.29, 0.717) is 5.56 Å². The molecule has 1 amide bonds. The van der Waals surface area contributed by atoms with Crippen molar-refractivity contribution in [1.29, 1.82) is 0 Å². The molecule has 2 rings (SSSR count). The average Bonchev–Trinajstić information content (AvgIpc) is 2.49.